The average molecular weight is 385 g/mol. The minimum Gasteiger partial charge on any atom is -0.336 e. The zero-order valence-corrected chi connectivity index (χ0v) is 16.4. The third kappa shape index (κ3) is 2.48. The summed E-state index contributed by atoms with van der Waals surface area (Å²) in [5.74, 6) is 1.82. The number of benzene rings is 1. The second-order valence-electron chi connectivity index (χ2n) is 8.06. The van der Waals surface area contributed by atoms with Crippen LogP contribution in [0.5, 0.6) is 0 Å². The predicted octanol–water partition coefficient (Wildman–Crippen LogP) is 3.49. The summed E-state index contributed by atoms with van der Waals surface area (Å²) in [5, 5.41) is 0.728. The van der Waals surface area contributed by atoms with Crippen molar-refractivity contribution in [2.45, 2.75) is 50.9 Å². The molecule has 27 heavy (non-hydrogen) atoms. The molecular weight excluding hydrogens is 360 g/mol. The minimum absolute atomic E-state index is 0.268. The van der Waals surface area contributed by atoms with Crippen LogP contribution in [0.15, 0.2) is 36.7 Å². The molecule has 3 aliphatic rings. The third-order valence-electron chi connectivity index (χ3n) is 6.78. The van der Waals surface area contributed by atoms with Crippen LogP contribution in [0.1, 0.15) is 43.6 Å². The van der Waals surface area contributed by atoms with E-state index in [0.29, 0.717) is 18.4 Å². The molecule has 3 aliphatic heterocycles. The lowest BCUT2D eigenvalue weighted by Gasteiger charge is -2.33. The van der Waals surface area contributed by atoms with Crippen LogP contribution >= 0.6 is 11.6 Å². The molecule has 0 aliphatic carbocycles. The van der Waals surface area contributed by atoms with Crippen molar-refractivity contribution in [3.05, 3.63) is 53.1 Å². The van der Waals surface area contributed by atoms with E-state index in [1.807, 2.05) is 24.4 Å². The summed E-state index contributed by atoms with van der Waals surface area (Å²) in [6, 6.07) is 8.12. The van der Waals surface area contributed by atoms with Gasteiger partial charge in [0.1, 0.15) is 11.4 Å². The van der Waals surface area contributed by atoms with Crippen molar-refractivity contribution in [3.8, 4) is 0 Å². The molecule has 0 saturated carbocycles. The summed E-state index contributed by atoms with van der Waals surface area (Å²) in [6.45, 7) is 5.56. The molecule has 4 heterocycles. The van der Waals surface area contributed by atoms with Crippen molar-refractivity contribution in [2.75, 3.05) is 13.1 Å². The molecule has 5 rings (SSSR count). The lowest BCUT2D eigenvalue weighted by Crippen LogP contribution is -2.49. The molecule has 3 atom stereocenters. The number of halogens is 1. The molecule has 3 fully saturated rings. The highest BCUT2D eigenvalue weighted by Crippen LogP contribution is 2.55. The third-order valence-corrected chi connectivity index (χ3v) is 7.01. The Kier molecular flexibility index (Phi) is 4.06. The van der Waals surface area contributed by atoms with Gasteiger partial charge in [-0.05, 0) is 43.9 Å². The lowest BCUT2D eigenvalue weighted by atomic mass is 9.85. The number of carbonyl (C=O) groups is 1. The van der Waals surface area contributed by atoms with Gasteiger partial charge >= 0.3 is 0 Å². The Hall–Kier alpha value is -1.85. The fourth-order valence-electron chi connectivity index (χ4n) is 5.70. The Bertz CT molecular complexity index is 881. The van der Waals surface area contributed by atoms with E-state index in [1.165, 1.54) is 0 Å². The molecule has 0 N–H and O–H groups in total. The van der Waals surface area contributed by atoms with E-state index in [4.69, 9.17) is 11.6 Å². The van der Waals surface area contributed by atoms with Gasteiger partial charge < -0.3 is 9.47 Å². The van der Waals surface area contributed by atoms with Crippen LogP contribution in [-0.4, -0.2) is 43.9 Å². The predicted molar refractivity (Wildman–Crippen MR) is 104 cm³/mol. The number of hydrogen-bond acceptors (Lipinski definition) is 3. The first-order chi connectivity index (χ1) is 13.1. The van der Waals surface area contributed by atoms with Crippen LogP contribution in [0, 0.1) is 5.92 Å². The maximum Gasteiger partial charge on any atom is 0.243 e. The van der Waals surface area contributed by atoms with E-state index in [1.54, 1.807) is 0 Å². The van der Waals surface area contributed by atoms with Crippen LogP contribution in [0.2, 0.25) is 5.02 Å². The van der Waals surface area contributed by atoms with Crippen molar-refractivity contribution in [1.29, 1.82) is 0 Å². The number of hydrogen-bond donors (Lipinski definition) is 0. The molecule has 6 heteroatoms. The highest BCUT2D eigenvalue weighted by Gasteiger charge is 2.65. The quantitative estimate of drug-likeness (QED) is 0.810. The Morgan fingerprint density at radius 1 is 1.37 bits per heavy atom. The van der Waals surface area contributed by atoms with Gasteiger partial charge in [-0.25, -0.2) is 4.98 Å². The lowest BCUT2D eigenvalue weighted by molar-refractivity contribution is -0.137. The molecule has 1 aromatic carbocycles. The number of amides is 1. The van der Waals surface area contributed by atoms with Gasteiger partial charge in [-0.15, -0.1) is 0 Å². The molecule has 1 aromatic heterocycles. The topological polar surface area (TPSA) is 41.4 Å². The Morgan fingerprint density at radius 2 is 2.26 bits per heavy atom. The van der Waals surface area contributed by atoms with E-state index < -0.39 is 0 Å². The number of carbonyl (C=O) groups excluding carboxylic acids is 1. The summed E-state index contributed by atoms with van der Waals surface area (Å²) in [5.41, 5.74) is 0.795. The molecule has 1 amide bonds. The molecule has 3 saturated heterocycles. The number of imidazole rings is 1. The van der Waals surface area contributed by atoms with Crippen LogP contribution in [0.3, 0.4) is 0 Å². The van der Waals surface area contributed by atoms with Gasteiger partial charge in [-0.1, -0.05) is 23.7 Å². The molecule has 5 nitrogen and oxygen atoms in total. The summed E-state index contributed by atoms with van der Waals surface area (Å²) in [7, 11) is 0. The van der Waals surface area contributed by atoms with Crippen molar-refractivity contribution >= 4 is 17.5 Å². The largest absolute Gasteiger partial charge is 0.336 e. The number of aromatic nitrogens is 2. The van der Waals surface area contributed by atoms with Gasteiger partial charge in [-0.3, -0.25) is 9.69 Å². The molecule has 1 spiro atoms. The molecule has 0 radical (unpaired) electrons. The average Bonchev–Trinajstić information content (AvgIpc) is 3.39. The van der Waals surface area contributed by atoms with E-state index in [0.717, 1.165) is 55.3 Å². The van der Waals surface area contributed by atoms with E-state index in [2.05, 4.69) is 38.5 Å². The van der Waals surface area contributed by atoms with Crippen LogP contribution < -0.4 is 0 Å². The highest BCUT2D eigenvalue weighted by molar-refractivity contribution is 6.30. The van der Waals surface area contributed by atoms with Gasteiger partial charge in [0, 0.05) is 49.5 Å². The summed E-state index contributed by atoms with van der Waals surface area (Å²) >= 11 is 6.13. The van der Waals surface area contributed by atoms with Crippen molar-refractivity contribution in [2.24, 2.45) is 5.92 Å². The molecule has 142 valence electrons. The number of likely N-dealkylation sites (tertiary alicyclic amines) is 1. The Labute approximate surface area is 164 Å². The van der Waals surface area contributed by atoms with Gasteiger partial charge in [-0.2, -0.15) is 0 Å². The van der Waals surface area contributed by atoms with E-state index in [9.17, 15) is 4.79 Å². The Balaban J connectivity index is 1.43. The zero-order chi connectivity index (χ0) is 18.6. The van der Waals surface area contributed by atoms with Gasteiger partial charge in [0.05, 0.1) is 6.04 Å². The van der Waals surface area contributed by atoms with Gasteiger partial charge in [0.25, 0.3) is 0 Å². The first-order valence-corrected chi connectivity index (χ1v) is 10.3. The first kappa shape index (κ1) is 17.3. The van der Waals surface area contributed by atoms with Gasteiger partial charge in [0.2, 0.25) is 5.91 Å². The SMILES string of the molecule is CCn1ccnc1[C@@H]1C[C@H]2CN(Cc3cccc(Cl)c3)C(=O)[C@]23CCCN13. The monoisotopic (exact) mass is 384 g/mol. The van der Waals surface area contributed by atoms with E-state index >= 15 is 0 Å². The maximum atomic E-state index is 13.6. The van der Waals surface area contributed by atoms with E-state index in [-0.39, 0.29) is 11.6 Å². The highest BCUT2D eigenvalue weighted by atomic mass is 35.5. The fourth-order valence-corrected chi connectivity index (χ4v) is 5.91. The Morgan fingerprint density at radius 3 is 3.07 bits per heavy atom. The van der Waals surface area contributed by atoms with Crippen molar-refractivity contribution in [3.63, 3.8) is 0 Å². The van der Waals surface area contributed by atoms with Crippen LogP contribution in [-0.2, 0) is 17.9 Å². The summed E-state index contributed by atoms with van der Waals surface area (Å²) < 4.78 is 2.23. The second kappa shape index (κ2) is 6.35. The van der Waals surface area contributed by atoms with Gasteiger partial charge in [0.15, 0.2) is 0 Å². The minimum atomic E-state index is -0.312. The molecule has 2 aromatic rings. The molecule has 0 unspecified atom stereocenters. The number of rotatable bonds is 4. The fraction of sp³-hybridized carbons (Fsp3) is 0.524. The first-order valence-electron chi connectivity index (χ1n) is 9.95. The summed E-state index contributed by atoms with van der Waals surface area (Å²) in [4.78, 5) is 22.8. The smallest absolute Gasteiger partial charge is 0.243 e. The maximum absolute atomic E-state index is 13.6. The molecule has 0 bridgehead atoms. The molecular formula is C21H25ClN4O. The van der Waals surface area contributed by atoms with Crippen molar-refractivity contribution < 1.29 is 4.79 Å². The number of aryl methyl sites for hydroxylation is 1. The zero-order valence-electron chi connectivity index (χ0n) is 15.6. The van der Waals surface area contributed by atoms with Crippen molar-refractivity contribution in [1.82, 2.24) is 19.4 Å². The summed E-state index contributed by atoms with van der Waals surface area (Å²) in [6.07, 6.45) is 7.04. The van der Waals surface area contributed by atoms with Crippen LogP contribution in [0.4, 0.5) is 0 Å². The second-order valence-corrected chi connectivity index (χ2v) is 8.49. The normalized spacial score (nSPS) is 30.1. The van der Waals surface area contributed by atoms with Crippen LogP contribution in [0.25, 0.3) is 0 Å². The standard InChI is InChI=1S/C21H25ClN4O/c1-2-24-10-8-23-19(24)18-12-16-14-25(13-15-5-3-6-17(22)11-15)20(27)21(16)7-4-9-26(18)21/h3,5-6,8,10-11,16,18H,2,4,7,9,12-14H2,1H3/t16-,18-,21-/m0/s1. The number of nitrogens with zero attached hydrogens (tertiary/aromatic N) is 4.